The van der Waals surface area contributed by atoms with Crippen LogP contribution in [0.15, 0.2) is 42.6 Å². The second-order valence-corrected chi connectivity index (χ2v) is 6.71. The highest BCUT2D eigenvalue weighted by atomic mass is 32.1. The Balaban J connectivity index is 2.04. The Kier molecular flexibility index (Phi) is 5.73. The smallest absolute Gasteiger partial charge is 0.419 e. The van der Waals surface area contributed by atoms with E-state index in [0.717, 1.165) is 10.8 Å². The van der Waals surface area contributed by atoms with Crippen molar-refractivity contribution in [2.24, 2.45) is 0 Å². The molecule has 1 N–H and O–H groups in total. The van der Waals surface area contributed by atoms with Gasteiger partial charge in [0, 0.05) is 18.5 Å². The topological polar surface area (TPSA) is 54.5 Å². The molecule has 0 bridgehead atoms. The Morgan fingerprint density at radius 2 is 1.86 bits per heavy atom. The number of hydrogen-bond acceptors (Lipinski definition) is 4. The molecule has 2 aromatic carbocycles. The fourth-order valence-electron chi connectivity index (χ4n) is 2.74. The maximum atomic E-state index is 13.3. The minimum Gasteiger partial charge on any atom is -0.455 e. The lowest BCUT2D eigenvalue weighted by Gasteiger charge is -2.21. The lowest BCUT2D eigenvalue weighted by molar-refractivity contribution is -0.138. The molecule has 0 radical (unpaired) electrons. The Morgan fingerprint density at radius 1 is 1.14 bits per heavy atom. The number of nitrogens with zero attached hydrogens (tertiary/aromatic N) is 2. The Morgan fingerprint density at radius 3 is 2.54 bits per heavy atom. The third-order valence-corrected chi connectivity index (χ3v) is 4.96. The van der Waals surface area contributed by atoms with Gasteiger partial charge in [-0.15, -0.1) is 0 Å². The van der Waals surface area contributed by atoms with E-state index in [4.69, 9.17) is 4.74 Å². The number of carbonyl (C=O) groups excluding carboxylic acids is 1. The highest BCUT2D eigenvalue weighted by Gasteiger charge is 2.34. The summed E-state index contributed by atoms with van der Waals surface area (Å²) >= 11 is 1.22. The van der Waals surface area contributed by atoms with E-state index in [-0.39, 0.29) is 17.5 Å². The molecule has 0 unspecified atom stereocenters. The molecule has 0 atom stereocenters. The summed E-state index contributed by atoms with van der Waals surface area (Å²) in [4.78, 5) is 14.1. The van der Waals surface area contributed by atoms with Crippen molar-refractivity contribution in [2.75, 3.05) is 18.4 Å². The quantitative estimate of drug-likeness (QED) is 0.564. The second kappa shape index (κ2) is 8.05. The average molecular weight is 409 g/mol. The number of nitrogens with one attached hydrogen (secondary N) is 1. The third kappa shape index (κ3) is 4.04. The minimum absolute atomic E-state index is 0.116. The Hall–Kier alpha value is -2.81. The van der Waals surface area contributed by atoms with Gasteiger partial charge >= 0.3 is 12.2 Å². The third-order valence-electron chi connectivity index (χ3n) is 4.20. The summed E-state index contributed by atoms with van der Waals surface area (Å²) in [6, 6.07) is 7.83. The number of alkyl halides is 3. The van der Waals surface area contributed by atoms with Gasteiger partial charge in [-0.25, -0.2) is 4.79 Å². The number of aromatic nitrogens is 1. The van der Waals surface area contributed by atoms with E-state index >= 15 is 0 Å². The number of fused-ring (bicyclic) bond motifs is 1. The molecule has 0 saturated heterocycles. The van der Waals surface area contributed by atoms with Crippen LogP contribution >= 0.6 is 11.5 Å². The summed E-state index contributed by atoms with van der Waals surface area (Å²) in [5.41, 5.74) is -0.598. The molecule has 9 heteroatoms. The highest BCUT2D eigenvalue weighted by molar-refractivity contribution is 7.13. The average Bonchev–Trinajstić information content (AvgIpc) is 3.13. The monoisotopic (exact) mass is 409 g/mol. The molecule has 0 aliphatic rings. The summed E-state index contributed by atoms with van der Waals surface area (Å²) < 4.78 is 50.4. The van der Waals surface area contributed by atoms with Gasteiger partial charge in [-0.2, -0.15) is 17.5 Å². The van der Waals surface area contributed by atoms with Gasteiger partial charge in [0.15, 0.2) is 5.75 Å². The van der Waals surface area contributed by atoms with Crippen LogP contribution in [0.5, 0.6) is 11.5 Å². The molecular formula is C19H18F3N3O2S. The van der Waals surface area contributed by atoms with Crippen molar-refractivity contribution in [1.29, 1.82) is 0 Å². The fourth-order valence-corrected chi connectivity index (χ4v) is 3.40. The number of rotatable bonds is 5. The van der Waals surface area contributed by atoms with Crippen LogP contribution in [0.3, 0.4) is 0 Å². The standard InChI is InChI=1S/C19H18F3N3O2S/c1-3-25(4-2)18(26)24-17-12-11-23-28-16(12)10-9-15(17)27-14-8-6-5-7-13(14)19(20,21)22/h5-11H,3-4H2,1-2H3,(H,24,26). The molecule has 1 heterocycles. The molecule has 2 amide bonds. The number of ether oxygens (including phenoxy) is 1. The molecule has 0 fully saturated rings. The van der Waals surface area contributed by atoms with Crippen LogP contribution in [-0.4, -0.2) is 28.4 Å². The molecule has 5 nitrogen and oxygen atoms in total. The van der Waals surface area contributed by atoms with Crippen LogP contribution in [0.4, 0.5) is 23.7 Å². The first-order chi connectivity index (χ1) is 13.3. The van der Waals surface area contributed by atoms with E-state index in [1.165, 1.54) is 35.8 Å². The van der Waals surface area contributed by atoms with Crippen molar-refractivity contribution in [2.45, 2.75) is 20.0 Å². The number of hydrogen-bond donors (Lipinski definition) is 1. The van der Waals surface area contributed by atoms with Crippen molar-refractivity contribution in [3.63, 3.8) is 0 Å². The van der Waals surface area contributed by atoms with E-state index < -0.39 is 11.7 Å². The summed E-state index contributed by atoms with van der Waals surface area (Å²) in [5, 5.41) is 3.37. The van der Waals surface area contributed by atoms with Crippen LogP contribution in [0.2, 0.25) is 0 Å². The number of amides is 2. The van der Waals surface area contributed by atoms with Crippen molar-refractivity contribution in [3.8, 4) is 11.5 Å². The molecule has 0 spiro atoms. The number of urea groups is 1. The van der Waals surface area contributed by atoms with E-state index in [0.29, 0.717) is 24.2 Å². The largest absolute Gasteiger partial charge is 0.455 e. The van der Waals surface area contributed by atoms with Crippen molar-refractivity contribution in [3.05, 3.63) is 48.2 Å². The Bertz CT molecular complexity index is 984. The summed E-state index contributed by atoms with van der Waals surface area (Å²) in [6.07, 6.45) is -3.00. The van der Waals surface area contributed by atoms with Gasteiger partial charge in [-0.3, -0.25) is 0 Å². The van der Waals surface area contributed by atoms with E-state index in [1.807, 2.05) is 13.8 Å². The predicted octanol–water partition coefficient (Wildman–Crippen LogP) is 5.98. The lowest BCUT2D eigenvalue weighted by atomic mass is 10.2. The van der Waals surface area contributed by atoms with Crippen molar-refractivity contribution >= 4 is 33.3 Å². The van der Waals surface area contributed by atoms with Gasteiger partial charge in [-0.05, 0) is 49.6 Å². The zero-order valence-electron chi connectivity index (χ0n) is 15.2. The number of carbonyl (C=O) groups is 1. The molecule has 28 heavy (non-hydrogen) atoms. The molecule has 0 saturated carbocycles. The number of halogens is 3. The first-order valence-corrected chi connectivity index (χ1v) is 9.39. The molecule has 148 valence electrons. The predicted molar refractivity (Wildman–Crippen MR) is 103 cm³/mol. The van der Waals surface area contributed by atoms with Crippen LogP contribution in [0, 0.1) is 0 Å². The zero-order valence-corrected chi connectivity index (χ0v) is 16.0. The summed E-state index contributed by atoms with van der Waals surface area (Å²) in [7, 11) is 0. The zero-order chi connectivity index (χ0) is 20.3. The molecule has 1 aromatic heterocycles. The van der Waals surface area contributed by atoms with Gasteiger partial charge in [0.1, 0.15) is 5.75 Å². The molecule has 0 aliphatic carbocycles. The molecular weight excluding hydrogens is 391 g/mol. The van der Waals surface area contributed by atoms with Crippen LogP contribution in [-0.2, 0) is 6.18 Å². The number of para-hydroxylation sites is 1. The van der Waals surface area contributed by atoms with Crippen molar-refractivity contribution in [1.82, 2.24) is 9.27 Å². The minimum atomic E-state index is -4.56. The molecule has 3 aromatic rings. The van der Waals surface area contributed by atoms with E-state index in [9.17, 15) is 18.0 Å². The van der Waals surface area contributed by atoms with Crippen LogP contribution < -0.4 is 10.1 Å². The number of benzene rings is 2. The molecule has 3 rings (SSSR count). The lowest BCUT2D eigenvalue weighted by Crippen LogP contribution is -2.34. The highest BCUT2D eigenvalue weighted by Crippen LogP contribution is 2.42. The fraction of sp³-hybridized carbons (Fsp3) is 0.263. The van der Waals surface area contributed by atoms with E-state index in [1.54, 1.807) is 17.2 Å². The molecule has 0 aliphatic heterocycles. The van der Waals surface area contributed by atoms with Crippen LogP contribution in [0.25, 0.3) is 10.1 Å². The maximum Gasteiger partial charge on any atom is 0.419 e. The van der Waals surface area contributed by atoms with Gasteiger partial charge in [0.2, 0.25) is 0 Å². The van der Waals surface area contributed by atoms with Crippen LogP contribution in [0.1, 0.15) is 19.4 Å². The van der Waals surface area contributed by atoms with Gasteiger partial charge < -0.3 is 15.0 Å². The first-order valence-electron chi connectivity index (χ1n) is 8.62. The van der Waals surface area contributed by atoms with Gasteiger partial charge in [0.25, 0.3) is 0 Å². The number of anilines is 1. The first kappa shape index (κ1) is 19.9. The van der Waals surface area contributed by atoms with Gasteiger partial charge in [0.05, 0.1) is 22.1 Å². The van der Waals surface area contributed by atoms with Gasteiger partial charge in [-0.1, -0.05) is 12.1 Å². The normalized spacial score (nSPS) is 11.5. The SMILES string of the molecule is CCN(CC)C(=O)Nc1c(Oc2ccccc2C(F)(F)F)ccc2sncc12. The summed E-state index contributed by atoms with van der Waals surface area (Å²) in [5.74, 6) is -0.221. The van der Waals surface area contributed by atoms with E-state index in [2.05, 4.69) is 9.69 Å². The second-order valence-electron chi connectivity index (χ2n) is 5.87. The summed E-state index contributed by atoms with van der Waals surface area (Å²) in [6.45, 7) is 4.67. The maximum absolute atomic E-state index is 13.3. The van der Waals surface area contributed by atoms with Crippen molar-refractivity contribution < 1.29 is 22.7 Å². The Labute approximate surface area is 163 Å².